The lowest BCUT2D eigenvalue weighted by Crippen LogP contribution is -2.31. The number of nitrogens with zero attached hydrogens (tertiary/aromatic N) is 5. The summed E-state index contributed by atoms with van der Waals surface area (Å²) in [4.78, 5) is 19.0. The molecular formula is C24H19FN6O4S. The zero-order valence-corrected chi connectivity index (χ0v) is 19.7. The summed E-state index contributed by atoms with van der Waals surface area (Å²) in [6, 6.07) is 17.9. The molecule has 0 aliphatic rings. The Morgan fingerprint density at radius 3 is 2.50 bits per heavy atom. The average Bonchev–Trinajstić information content (AvgIpc) is 3.55. The van der Waals surface area contributed by atoms with Crippen molar-refractivity contribution in [3.8, 4) is 22.9 Å². The molecule has 0 amide bonds. The summed E-state index contributed by atoms with van der Waals surface area (Å²) < 4.78 is 47.8. The van der Waals surface area contributed by atoms with Gasteiger partial charge in [0.15, 0.2) is 10.7 Å². The highest BCUT2D eigenvalue weighted by molar-refractivity contribution is 7.92. The van der Waals surface area contributed by atoms with Crippen molar-refractivity contribution in [3.63, 3.8) is 0 Å². The van der Waals surface area contributed by atoms with Crippen molar-refractivity contribution in [1.82, 2.24) is 24.9 Å². The normalized spacial score (nSPS) is 11.5. The second-order valence-electron chi connectivity index (χ2n) is 7.78. The number of aromatic nitrogens is 5. The molecule has 2 aromatic carbocycles. The quantitative estimate of drug-likeness (QED) is 0.359. The highest BCUT2D eigenvalue weighted by Gasteiger charge is 2.26. The smallest absolute Gasteiger partial charge is 0.271 e. The molecule has 0 aliphatic carbocycles. The molecule has 0 atom stereocenters. The third-order valence-electron chi connectivity index (χ3n) is 5.53. The van der Waals surface area contributed by atoms with Gasteiger partial charge in [0.05, 0.1) is 24.1 Å². The van der Waals surface area contributed by atoms with Crippen LogP contribution in [0, 0.1) is 5.82 Å². The van der Waals surface area contributed by atoms with Gasteiger partial charge in [0.1, 0.15) is 23.5 Å². The van der Waals surface area contributed by atoms with Crippen molar-refractivity contribution in [3.05, 3.63) is 101 Å². The summed E-state index contributed by atoms with van der Waals surface area (Å²) in [5, 5.41) is 8.39. The maximum atomic E-state index is 14.3. The van der Waals surface area contributed by atoms with E-state index in [1.807, 2.05) is 0 Å². The van der Waals surface area contributed by atoms with E-state index in [1.54, 1.807) is 60.7 Å². The predicted molar refractivity (Wildman–Crippen MR) is 129 cm³/mol. The van der Waals surface area contributed by atoms with E-state index in [0.717, 1.165) is 10.5 Å². The number of benzene rings is 2. The van der Waals surface area contributed by atoms with Crippen LogP contribution in [-0.2, 0) is 16.6 Å². The number of aromatic amines is 1. The van der Waals surface area contributed by atoms with E-state index in [1.165, 1.54) is 24.1 Å². The lowest BCUT2D eigenvalue weighted by Gasteiger charge is -2.18. The Morgan fingerprint density at radius 2 is 1.81 bits per heavy atom. The van der Waals surface area contributed by atoms with E-state index in [0.29, 0.717) is 22.6 Å². The summed E-state index contributed by atoms with van der Waals surface area (Å²) in [5.74, 6) is -0.359. The van der Waals surface area contributed by atoms with Gasteiger partial charge < -0.3 is 9.51 Å². The molecule has 182 valence electrons. The predicted octanol–water partition coefficient (Wildman–Crippen LogP) is 3.30. The maximum Gasteiger partial charge on any atom is 0.271 e. The summed E-state index contributed by atoms with van der Waals surface area (Å²) in [7, 11) is -2.81. The third kappa shape index (κ3) is 4.29. The minimum atomic E-state index is -4.17. The van der Waals surface area contributed by atoms with E-state index < -0.39 is 26.3 Å². The Balaban J connectivity index is 1.53. The lowest BCUT2D eigenvalue weighted by atomic mass is 10.2. The Hall–Kier alpha value is -4.58. The third-order valence-corrected chi connectivity index (χ3v) is 7.30. The van der Waals surface area contributed by atoms with Gasteiger partial charge in [-0.3, -0.25) is 13.8 Å². The monoisotopic (exact) mass is 506 g/mol. The Kier molecular flexibility index (Phi) is 5.94. The molecule has 0 saturated carbocycles. The maximum absolute atomic E-state index is 14.3. The highest BCUT2D eigenvalue weighted by Crippen LogP contribution is 2.25. The molecule has 0 aliphatic heterocycles. The molecule has 0 saturated heterocycles. The van der Waals surface area contributed by atoms with Crippen molar-refractivity contribution in [2.24, 2.45) is 0 Å². The van der Waals surface area contributed by atoms with Gasteiger partial charge in [-0.05, 0) is 24.3 Å². The molecule has 1 N–H and O–H groups in total. The van der Waals surface area contributed by atoms with Gasteiger partial charge in [-0.25, -0.2) is 17.8 Å². The van der Waals surface area contributed by atoms with E-state index in [9.17, 15) is 17.6 Å². The van der Waals surface area contributed by atoms with Crippen LogP contribution >= 0.6 is 0 Å². The van der Waals surface area contributed by atoms with Crippen molar-refractivity contribution in [1.29, 1.82) is 0 Å². The number of hydrogen-bond donors (Lipinski definition) is 1. The molecule has 5 rings (SSSR count). The fourth-order valence-electron chi connectivity index (χ4n) is 3.61. The lowest BCUT2D eigenvalue weighted by molar-refractivity contribution is 0.421. The zero-order valence-electron chi connectivity index (χ0n) is 18.9. The van der Waals surface area contributed by atoms with Crippen LogP contribution in [0.3, 0.4) is 0 Å². The topological polar surface area (TPSA) is 127 Å². The van der Waals surface area contributed by atoms with Crippen LogP contribution in [0.25, 0.3) is 22.9 Å². The summed E-state index contributed by atoms with van der Waals surface area (Å²) >= 11 is 0. The van der Waals surface area contributed by atoms with Crippen LogP contribution in [0.4, 0.5) is 10.1 Å². The van der Waals surface area contributed by atoms with Crippen LogP contribution in [-0.4, -0.2) is 40.4 Å². The molecule has 10 nitrogen and oxygen atoms in total. The summed E-state index contributed by atoms with van der Waals surface area (Å²) in [6.07, 6.45) is 2.38. The first-order valence-electron chi connectivity index (χ1n) is 10.7. The van der Waals surface area contributed by atoms with Crippen molar-refractivity contribution in [2.45, 2.75) is 11.4 Å². The van der Waals surface area contributed by atoms with Gasteiger partial charge in [0.25, 0.3) is 15.6 Å². The van der Waals surface area contributed by atoms with Gasteiger partial charge in [-0.15, -0.1) is 0 Å². The largest absolute Gasteiger partial charge is 0.364 e. The molecule has 36 heavy (non-hydrogen) atoms. The number of sulfonamides is 1. The van der Waals surface area contributed by atoms with Crippen LogP contribution < -0.4 is 9.86 Å². The molecule has 0 bridgehead atoms. The first kappa shape index (κ1) is 23.2. The first-order valence-corrected chi connectivity index (χ1v) is 12.1. The Morgan fingerprint density at radius 1 is 1.06 bits per heavy atom. The van der Waals surface area contributed by atoms with Crippen LogP contribution in [0.1, 0.15) is 5.56 Å². The number of hydrogen-bond acceptors (Lipinski definition) is 7. The highest BCUT2D eigenvalue weighted by atomic mass is 32.2. The number of rotatable bonds is 7. The average molecular weight is 507 g/mol. The van der Waals surface area contributed by atoms with Gasteiger partial charge >= 0.3 is 0 Å². The summed E-state index contributed by atoms with van der Waals surface area (Å²) in [6.45, 7) is 0.0768. The van der Waals surface area contributed by atoms with E-state index >= 15 is 0 Å². The minimum absolute atomic E-state index is 0.0401. The Bertz CT molecular complexity index is 1680. The number of nitrogens with one attached hydrogen (secondary N) is 1. The number of halogens is 1. The molecule has 0 radical (unpaired) electrons. The van der Waals surface area contributed by atoms with Crippen LogP contribution in [0.5, 0.6) is 0 Å². The molecule has 0 spiro atoms. The van der Waals surface area contributed by atoms with Gasteiger partial charge in [-0.2, -0.15) is 5.10 Å². The zero-order chi connectivity index (χ0) is 25.3. The van der Waals surface area contributed by atoms with Crippen molar-refractivity contribution in [2.75, 3.05) is 11.4 Å². The SMILES string of the molecule is CN(c1ccccc1)S(=O)(=O)c1cnc(-c2cc(-c3ccon3)n(Cc3ccccc3F)n2)[nH]c1=O. The van der Waals surface area contributed by atoms with Crippen molar-refractivity contribution < 1.29 is 17.3 Å². The number of para-hydroxylation sites is 1. The minimum Gasteiger partial charge on any atom is -0.364 e. The first-order chi connectivity index (χ1) is 17.3. The van der Waals surface area contributed by atoms with E-state index in [2.05, 4.69) is 20.2 Å². The standard InChI is InChI=1S/C24H19FN6O4S/c1-30(17-8-3-2-4-9-17)36(33,34)22-14-26-23(27-24(22)32)20-13-21(19-11-12-35-29-19)31(28-20)15-16-7-5-6-10-18(16)25/h2-14H,15H2,1H3,(H,26,27,32). The van der Waals surface area contributed by atoms with Crippen LogP contribution in [0.15, 0.2) is 93.4 Å². The molecule has 0 fully saturated rings. The Labute approximate surface area is 204 Å². The summed E-state index contributed by atoms with van der Waals surface area (Å²) in [5.41, 5.74) is 1.10. The molecule has 5 aromatic rings. The molecule has 12 heteroatoms. The fourth-order valence-corrected chi connectivity index (χ4v) is 4.78. The van der Waals surface area contributed by atoms with Crippen molar-refractivity contribution >= 4 is 15.7 Å². The number of anilines is 1. The van der Waals surface area contributed by atoms with E-state index in [-0.39, 0.29) is 18.1 Å². The van der Waals surface area contributed by atoms with E-state index in [4.69, 9.17) is 4.52 Å². The molecule has 0 unspecified atom stereocenters. The van der Waals surface area contributed by atoms with Crippen LogP contribution in [0.2, 0.25) is 0 Å². The molecule has 3 heterocycles. The van der Waals surface area contributed by atoms with Gasteiger partial charge in [0.2, 0.25) is 0 Å². The second-order valence-corrected chi connectivity index (χ2v) is 9.72. The second kappa shape index (κ2) is 9.23. The van der Waals surface area contributed by atoms with Gasteiger partial charge in [0, 0.05) is 18.7 Å². The fraction of sp³-hybridized carbons (Fsp3) is 0.0833. The number of H-pyrrole nitrogens is 1. The molecular weight excluding hydrogens is 487 g/mol. The molecule has 3 aromatic heterocycles. The van der Waals surface area contributed by atoms with Gasteiger partial charge in [-0.1, -0.05) is 41.6 Å².